The Morgan fingerprint density at radius 1 is 1.39 bits per heavy atom. The number of hydrogen-bond donors (Lipinski definition) is 1. The molecule has 0 aliphatic heterocycles. The molecule has 1 aromatic heterocycles. The Morgan fingerprint density at radius 3 is 2.72 bits per heavy atom. The predicted molar refractivity (Wildman–Crippen MR) is 67.7 cm³/mol. The first-order chi connectivity index (χ1) is 8.56. The number of aryl methyl sites for hydroxylation is 1. The van der Waals surface area contributed by atoms with Crippen LogP contribution in [-0.2, 0) is 9.53 Å². The smallest absolute Gasteiger partial charge is 0.328 e. The monoisotopic (exact) mass is 253 g/mol. The van der Waals surface area contributed by atoms with Crippen molar-refractivity contribution in [1.82, 2.24) is 9.97 Å². The number of aromatic nitrogens is 2. The highest BCUT2D eigenvalue weighted by Crippen LogP contribution is 2.12. The van der Waals surface area contributed by atoms with Crippen molar-refractivity contribution in [3.8, 4) is 5.88 Å². The number of carbonyl (C=O) groups is 1. The second-order valence-corrected chi connectivity index (χ2v) is 3.72. The van der Waals surface area contributed by atoms with Crippen LogP contribution < -0.4 is 10.1 Å². The first kappa shape index (κ1) is 14.2. The number of nitrogens with zero attached hydrogens (tertiary/aromatic N) is 2. The molecule has 100 valence electrons. The molecule has 0 aromatic carbocycles. The van der Waals surface area contributed by atoms with Gasteiger partial charge in [0.05, 0.1) is 13.2 Å². The van der Waals surface area contributed by atoms with Crippen LogP contribution in [0.25, 0.3) is 0 Å². The Kier molecular flexibility index (Phi) is 5.35. The molecule has 0 aliphatic rings. The van der Waals surface area contributed by atoms with Gasteiger partial charge in [0.25, 0.3) is 0 Å². The minimum Gasteiger partial charge on any atom is -0.478 e. The van der Waals surface area contributed by atoms with E-state index < -0.39 is 6.04 Å². The summed E-state index contributed by atoms with van der Waals surface area (Å²) in [5.74, 6) is 0.517. The molecular formula is C12H19N3O3. The fourth-order valence-corrected chi connectivity index (χ4v) is 1.35. The van der Waals surface area contributed by atoms with Gasteiger partial charge in [0.2, 0.25) is 11.8 Å². The van der Waals surface area contributed by atoms with Crippen LogP contribution >= 0.6 is 0 Å². The number of rotatable bonds is 6. The SMILES string of the molecule is CCOC(=O)C(C)Nc1nc(C)cc(OCC)n1. The van der Waals surface area contributed by atoms with E-state index in [1.807, 2.05) is 13.8 Å². The number of carbonyl (C=O) groups excluding carboxylic acids is 1. The van der Waals surface area contributed by atoms with E-state index in [1.54, 1.807) is 19.9 Å². The third kappa shape index (κ3) is 4.20. The third-order valence-electron chi connectivity index (χ3n) is 2.11. The average Bonchev–Trinajstić information content (AvgIpc) is 2.28. The highest BCUT2D eigenvalue weighted by atomic mass is 16.5. The van der Waals surface area contributed by atoms with Crippen LogP contribution in [0.2, 0.25) is 0 Å². The molecule has 18 heavy (non-hydrogen) atoms. The van der Waals surface area contributed by atoms with Gasteiger partial charge in [-0.2, -0.15) is 4.98 Å². The van der Waals surface area contributed by atoms with Crippen LogP contribution in [-0.4, -0.2) is 35.2 Å². The highest BCUT2D eigenvalue weighted by molar-refractivity contribution is 5.78. The summed E-state index contributed by atoms with van der Waals surface area (Å²) in [6.07, 6.45) is 0. The van der Waals surface area contributed by atoms with Crippen molar-refractivity contribution in [2.45, 2.75) is 33.7 Å². The van der Waals surface area contributed by atoms with Gasteiger partial charge >= 0.3 is 5.97 Å². The maximum absolute atomic E-state index is 11.5. The largest absolute Gasteiger partial charge is 0.478 e. The van der Waals surface area contributed by atoms with Gasteiger partial charge in [-0.3, -0.25) is 0 Å². The number of esters is 1. The molecule has 0 aliphatic carbocycles. The van der Waals surface area contributed by atoms with Gasteiger partial charge < -0.3 is 14.8 Å². The van der Waals surface area contributed by atoms with Crippen LogP contribution in [0.4, 0.5) is 5.95 Å². The van der Waals surface area contributed by atoms with E-state index in [1.165, 1.54) is 0 Å². The van der Waals surface area contributed by atoms with Crippen LogP contribution in [0, 0.1) is 6.92 Å². The van der Waals surface area contributed by atoms with E-state index in [2.05, 4.69) is 15.3 Å². The van der Waals surface area contributed by atoms with E-state index >= 15 is 0 Å². The second kappa shape index (κ2) is 6.78. The van der Waals surface area contributed by atoms with Crippen LogP contribution in [0.15, 0.2) is 6.07 Å². The maximum Gasteiger partial charge on any atom is 0.328 e. The zero-order valence-corrected chi connectivity index (χ0v) is 11.2. The molecule has 0 saturated heterocycles. The molecule has 1 aromatic rings. The van der Waals surface area contributed by atoms with Crippen LogP contribution in [0.3, 0.4) is 0 Å². The summed E-state index contributed by atoms with van der Waals surface area (Å²) in [6, 6.07) is 1.24. The van der Waals surface area contributed by atoms with Gasteiger partial charge in [-0.05, 0) is 27.7 Å². The summed E-state index contributed by atoms with van der Waals surface area (Å²) in [7, 11) is 0. The Hall–Kier alpha value is -1.85. The zero-order valence-electron chi connectivity index (χ0n) is 11.2. The average molecular weight is 253 g/mol. The summed E-state index contributed by atoms with van der Waals surface area (Å²) in [5, 5.41) is 2.89. The molecule has 1 heterocycles. The van der Waals surface area contributed by atoms with Gasteiger partial charge in [-0.25, -0.2) is 9.78 Å². The Morgan fingerprint density at radius 2 is 2.11 bits per heavy atom. The fraction of sp³-hybridized carbons (Fsp3) is 0.583. The predicted octanol–water partition coefficient (Wildman–Crippen LogP) is 1.55. The second-order valence-electron chi connectivity index (χ2n) is 3.72. The quantitative estimate of drug-likeness (QED) is 0.775. The van der Waals surface area contributed by atoms with Crippen LogP contribution in [0.1, 0.15) is 26.5 Å². The van der Waals surface area contributed by atoms with Crippen molar-refractivity contribution in [1.29, 1.82) is 0 Å². The summed E-state index contributed by atoms with van der Waals surface area (Å²) >= 11 is 0. The fourth-order valence-electron chi connectivity index (χ4n) is 1.35. The molecule has 1 unspecified atom stereocenters. The van der Waals surface area contributed by atoms with Gasteiger partial charge in [0, 0.05) is 11.8 Å². The number of hydrogen-bond acceptors (Lipinski definition) is 6. The molecular weight excluding hydrogens is 234 g/mol. The van der Waals surface area contributed by atoms with E-state index in [9.17, 15) is 4.79 Å². The molecule has 0 bridgehead atoms. The molecule has 1 rings (SSSR count). The number of ether oxygens (including phenoxy) is 2. The molecule has 0 spiro atoms. The molecule has 1 N–H and O–H groups in total. The van der Waals surface area contributed by atoms with E-state index in [0.29, 0.717) is 25.0 Å². The molecule has 0 saturated carbocycles. The summed E-state index contributed by atoms with van der Waals surface area (Å²) in [5.41, 5.74) is 0.770. The molecule has 6 heteroatoms. The maximum atomic E-state index is 11.5. The van der Waals surface area contributed by atoms with Crippen molar-refractivity contribution < 1.29 is 14.3 Å². The highest BCUT2D eigenvalue weighted by Gasteiger charge is 2.15. The van der Waals surface area contributed by atoms with Crippen molar-refractivity contribution in [3.05, 3.63) is 11.8 Å². The zero-order chi connectivity index (χ0) is 13.5. The van der Waals surface area contributed by atoms with Gasteiger partial charge in [-0.1, -0.05) is 0 Å². The Balaban J connectivity index is 2.74. The molecule has 0 amide bonds. The number of anilines is 1. The van der Waals surface area contributed by atoms with Gasteiger partial charge in [-0.15, -0.1) is 0 Å². The lowest BCUT2D eigenvalue weighted by molar-refractivity contribution is -0.143. The third-order valence-corrected chi connectivity index (χ3v) is 2.11. The minimum atomic E-state index is -0.499. The number of nitrogens with one attached hydrogen (secondary N) is 1. The van der Waals surface area contributed by atoms with E-state index in [4.69, 9.17) is 9.47 Å². The lowest BCUT2D eigenvalue weighted by atomic mass is 10.3. The van der Waals surface area contributed by atoms with E-state index in [-0.39, 0.29) is 5.97 Å². The first-order valence-electron chi connectivity index (χ1n) is 5.98. The topological polar surface area (TPSA) is 73.3 Å². The molecule has 1 atom stereocenters. The molecule has 0 fully saturated rings. The molecule has 0 radical (unpaired) electrons. The van der Waals surface area contributed by atoms with Crippen molar-refractivity contribution in [3.63, 3.8) is 0 Å². The normalized spacial score (nSPS) is 11.8. The summed E-state index contributed by atoms with van der Waals surface area (Å²) in [6.45, 7) is 8.06. The summed E-state index contributed by atoms with van der Waals surface area (Å²) in [4.78, 5) is 19.8. The lowest BCUT2D eigenvalue weighted by Gasteiger charge is -2.13. The Labute approximate surface area is 107 Å². The van der Waals surface area contributed by atoms with Crippen molar-refractivity contribution >= 4 is 11.9 Å². The van der Waals surface area contributed by atoms with E-state index in [0.717, 1.165) is 5.69 Å². The summed E-state index contributed by atoms with van der Waals surface area (Å²) < 4.78 is 10.2. The lowest BCUT2D eigenvalue weighted by Crippen LogP contribution is -2.29. The first-order valence-corrected chi connectivity index (χ1v) is 5.98. The van der Waals surface area contributed by atoms with Gasteiger partial charge in [0.15, 0.2) is 0 Å². The molecule has 6 nitrogen and oxygen atoms in total. The standard InChI is InChI=1S/C12H19N3O3/c1-5-17-10-7-8(3)13-12(15-10)14-9(4)11(16)18-6-2/h7,9H,5-6H2,1-4H3,(H,13,14,15). The van der Waals surface area contributed by atoms with Crippen molar-refractivity contribution in [2.75, 3.05) is 18.5 Å². The minimum absolute atomic E-state index is 0.333. The van der Waals surface area contributed by atoms with Crippen LogP contribution in [0.5, 0.6) is 5.88 Å². The van der Waals surface area contributed by atoms with Crippen molar-refractivity contribution in [2.24, 2.45) is 0 Å². The Bertz CT molecular complexity index is 410. The van der Waals surface area contributed by atoms with Gasteiger partial charge in [0.1, 0.15) is 6.04 Å².